The van der Waals surface area contributed by atoms with Gasteiger partial charge in [-0.3, -0.25) is 5.32 Å². The molecule has 0 aliphatic rings. The molecule has 3 nitrogen and oxygen atoms in total. The molecule has 1 unspecified atom stereocenters. The van der Waals surface area contributed by atoms with Crippen LogP contribution in [0.3, 0.4) is 0 Å². The first-order valence-electron chi connectivity index (χ1n) is 6.26. The zero-order valence-corrected chi connectivity index (χ0v) is 13.2. The van der Waals surface area contributed by atoms with Gasteiger partial charge in [0.2, 0.25) is 0 Å². The molecule has 0 fully saturated rings. The van der Waals surface area contributed by atoms with E-state index in [-0.39, 0.29) is 6.04 Å². The third-order valence-electron chi connectivity index (χ3n) is 2.87. The minimum absolute atomic E-state index is 0.102. The van der Waals surface area contributed by atoms with Crippen LogP contribution in [-0.4, -0.2) is 20.3 Å². The van der Waals surface area contributed by atoms with Crippen LogP contribution in [0.5, 0.6) is 11.5 Å². The summed E-state index contributed by atoms with van der Waals surface area (Å²) in [6.45, 7) is 2.81. The Morgan fingerprint density at radius 3 is 2.47 bits per heavy atom. The Labute approximate surface area is 123 Å². The van der Waals surface area contributed by atoms with Crippen molar-refractivity contribution in [3.05, 3.63) is 22.2 Å². The standard InChI is InChI=1S/C15H20BrNO2/c1-5-7-12(6-2)17-10-11-8-14(18-3)15(19-4)9-13(11)16/h2,8-9,12,17H,5,7,10H2,1,3-4H3. The highest BCUT2D eigenvalue weighted by Crippen LogP contribution is 2.33. The number of nitrogens with one attached hydrogen (secondary N) is 1. The van der Waals surface area contributed by atoms with Crippen LogP contribution in [0.25, 0.3) is 0 Å². The van der Waals surface area contributed by atoms with Gasteiger partial charge in [-0.1, -0.05) is 35.2 Å². The number of hydrogen-bond donors (Lipinski definition) is 1. The van der Waals surface area contributed by atoms with E-state index in [1.54, 1.807) is 14.2 Å². The molecule has 0 aliphatic heterocycles. The summed E-state index contributed by atoms with van der Waals surface area (Å²) in [7, 11) is 3.25. The van der Waals surface area contributed by atoms with Gasteiger partial charge in [-0.05, 0) is 24.1 Å². The summed E-state index contributed by atoms with van der Waals surface area (Å²) in [6.07, 6.45) is 7.53. The van der Waals surface area contributed by atoms with Crippen molar-refractivity contribution in [1.29, 1.82) is 0 Å². The lowest BCUT2D eigenvalue weighted by atomic mass is 10.1. The molecule has 1 aromatic rings. The summed E-state index contributed by atoms with van der Waals surface area (Å²) in [5.41, 5.74) is 1.09. The number of ether oxygens (including phenoxy) is 2. The van der Waals surface area contributed by atoms with E-state index in [0.717, 1.165) is 28.6 Å². The van der Waals surface area contributed by atoms with Gasteiger partial charge in [0.05, 0.1) is 20.3 Å². The minimum atomic E-state index is 0.102. The normalized spacial score (nSPS) is 11.7. The van der Waals surface area contributed by atoms with Crippen molar-refractivity contribution in [1.82, 2.24) is 5.32 Å². The van der Waals surface area contributed by atoms with Crippen molar-refractivity contribution in [2.45, 2.75) is 32.4 Å². The second-order valence-electron chi connectivity index (χ2n) is 4.19. The molecule has 0 aromatic heterocycles. The van der Waals surface area contributed by atoms with Gasteiger partial charge < -0.3 is 9.47 Å². The third-order valence-corrected chi connectivity index (χ3v) is 3.61. The van der Waals surface area contributed by atoms with Crippen LogP contribution in [0.4, 0.5) is 0 Å². The molecule has 0 saturated carbocycles. The van der Waals surface area contributed by atoms with E-state index in [1.807, 2.05) is 12.1 Å². The molecule has 104 valence electrons. The van der Waals surface area contributed by atoms with Gasteiger partial charge in [0.15, 0.2) is 11.5 Å². The molecule has 1 atom stereocenters. The topological polar surface area (TPSA) is 30.5 Å². The van der Waals surface area contributed by atoms with E-state index in [0.29, 0.717) is 12.3 Å². The largest absolute Gasteiger partial charge is 0.493 e. The molecule has 0 amide bonds. The summed E-state index contributed by atoms with van der Waals surface area (Å²) in [6, 6.07) is 3.96. The minimum Gasteiger partial charge on any atom is -0.493 e. The average molecular weight is 326 g/mol. The maximum absolute atomic E-state index is 5.49. The highest BCUT2D eigenvalue weighted by molar-refractivity contribution is 9.10. The van der Waals surface area contributed by atoms with E-state index in [2.05, 4.69) is 34.1 Å². The maximum Gasteiger partial charge on any atom is 0.161 e. The van der Waals surface area contributed by atoms with E-state index in [9.17, 15) is 0 Å². The number of halogens is 1. The Balaban J connectivity index is 2.81. The zero-order valence-electron chi connectivity index (χ0n) is 11.6. The molecule has 0 heterocycles. The quantitative estimate of drug-likeness (QED) is 0.780. The van der Waals surface area contributed by atoms with E-state index in [1.165, 1.54) is 0 Å². The maximum atomic E-state index is 5.49. The first-order chi connectivity index (χ1) is 9.15. The molecule has 1 N–H and O–H groups in total. The Morgan fingerprint density at radius 1 is 1.32 bits per heavy atom. The number of terminal acetylenes is 1. The Kier molecular flexibility index (Phi) is 6.75. The molecule has 0 saturated heterocycles. The van der Waals surface area contributed by atoms with Gasteiger partial charge in [0.25, 0.3) is 0 Å². The van der Waals surface area contributed by atoms with Crippen molar-refractivity contribution < 1.29 is 9.47 Å². The van der Waals surface area contributed by atoms with Gasteiger partial charge in [0.1, 0.15) is 0 Å². The van der Waals surface area contributed by atoms with Crippen LogP contribution in [0.2, 0.25) is 0 Å². The highest BCUT2D eigenvalue weighted by Gasteiger charge is 2.10. The van der Waals surface area contributed by atoms with Crippen LogP contribution in [0, 0.1) is 12.3 Å². The molecule has 0 radical (unpaired) electrons. The number of hydrogen-bond acceptors (Lipinski definition) is 3. The van der Waals surface area contributed by atoms with Crippen molar-refractivity contribution in [2.75, 3.05) is 14.2 Å². The molecule has 0 bridgehead atoms. The number of rotatable bonds is 7. The fourth-order valence-electron chi connectivity index (χ4n) is 1.80. The van der Waals surface area contributed by atoms with Gasteiger partial charge >= 0.3 is 0 Å². The molecular formula is C15H20BrNO2. The Hall–Kier alpha value is -1.18. The van der Waals surface area contributed by atoms with Crippen LogP contribution in [-0.2, 0) is 6.54 Å². The van der Waals surface area contributed by atoms with Crippen molar-refractivity contribution >= 4 is 15.9 Å². The van der Waals surface area contributed by atoms with Crippen LogP contribution in [0.1, 0.15) is 25.3 Å². The van der Waals surface area contributed by atoms with E-state index < -0.39 is 0 Å². The van der Waals surface area contributed by atoms with Gasteiger partial charge in [0, 0.05) is 11.0 Å². The fourth-order valence-corrected chi connectivity index (χ4v) is 2.26. The molecule has 0 spiro atoms. The first-order valence-corrected chi connectivity index (χ1v) is 7.05. The van der Waals surface area contributed by atoms with Crippen molar-refractivity contribution in [2.24, 2.45) is 0 Å². The number of benzene rings is 1. The summed E-state index contributed by atoms with van der Waals surface area (Å²) >= 11 is 3.54. The van der Waals surface area contributed by atoms with Gasteiger partial charge in [-0.2, -0.15) is 0 Å². The second-order valence-corrected chi connectivity index (χ2v) is 5.04. The SMILES string of the molecule is C#CC(CCC)NCc1cc(OC)c(OC)cc1Br. The highest BCUT2D eigenvalue weighted by atomic mass is 79.9. The number of methoxy groups -OCH3 is 2. The van der Waals surface area contributed by atoms with Crippen LogP contribution < -0.4 is 14.8 Å². The first kappa shape index (κ1) is 15.9. The predicted molar refractivity (Wildman–Crippen MR) is 81.6 cm³/mol. The van der Waals surface area contributed by atoms with Gasteiger partial charge in [-0.25, -0.2) is 0 Å². The van der Waals surface area contributed by atoms with E-state index >= 15 is 0 Å². The summed E-state index contributed by atoms with van der Waals surface area (Å²) in [4.78, 5) is 0. The molecule has 4 heteroatoms. The lowest BCUT2D eigenvalue weighted by molar-refractivity contribution is 0.354. The van der Waals surface area contributed by atoms with E-state index in [4.69, 9.17) is 15.9 Å². The smallest absolute Gasteiger partial charge is 0.161 e. The fraction of sp³-hybridized carbons (Fsp3) is 0.467. The Bertz CT molecular complexity index is 454. The zero-order chi connectivity index (χ0) is 14.3. The summed E-state index contributed by atoms with van der Waals surface area (Å²) < 4.78 is 11.5. The van der Waals surface area contributed by atoms with Crippen molar-refractivity contribution in [3.63, 3.8) is 0 Å². The lowest BCUT2D eigenvalue weighted by Gasteiger charge is -2.15. The monoisotopic (exact) mass is 325 g/mol. The lowest BCUT2D eigenvalue weighted by Crippen LogP contribution is -2.26. The Morgan fingerprint density at radius 2 is 1.95 bits per heavy atom. The predicted octanol–water partition coefficient (Wildman–Crippen LogP) is 3.36. The molecule has 1 aromatic carbocycles. The van der Waals surface area contributed by atoms with Crippen molar-refractivity contribution in [3.8, 4) is 23.8 Å². The molecule has 19 heavy (non-hydrogen) atoms. The average Bonchev–Trinajstić information content (AvgIpc) is 2.44. The second kappa shape index (κ2) is 8.08. The molecule has 1 rings (SSSR count). The third kappa shape index (κ3) is 4.45. The molecular weight excluding hydrogens is 306 g/mol. The summed E-state index contributed by atoms with van der Waals surface area (Å²) in [5, 5.41) is 3.35. The summed E-state index contributed by atoms with van der Waals surface area (Å²) in [5.74, 6) is 4.19. The molecule has 0 aliphatic carbocycles. The van der Waals surface area contributed by atoms with Gasteiger partial charge in [-0.15, -0.1) is 6.42 Å². The van der Waals surface area contributed by atoms with Crippen LogP contribution in [0.15, 0.2) is 16.6 Å². The van der Waals surface area contributed by atoms with Crippen LogP contribution >= 0.6 is 15.9 Å².